The Balaban J connectivity index is 2.46. The summed E-state index contributed by atoms with van der Waals surface area (Å²) >= 11 is 0. The van der Waals surface area contributed by atoms with E-state index in [4.69, 9.17) is 0 Å². The molecular formula is C13H25NO3. The first-order valence-electron chi connectivity index (χ1n) is 6.47. The van der Waals surface area contributed by atoms with Gasteiger partial charge in [0.25, 0.3) is 0 Å². The van der Waals surface area contributed by atoms with Gasteiger partial charge in [-0.2, -0.15) is 0 Å². The van der Waals surface area contributed by atoms with Crippen molar-refractivity contribution in [1.29, 1.82) is 0 Å². The van der Waals surface area contributed by atoms with E-state index < -0.39 is 6.10 Å². The highest BCUT2D eigenvalue weighted by molar-refractivity contribution is 5.76. The highest BCUT2D eigenvalue weighted by Crippen LogP contribution is 2.37. The van der Waals surface area contributed by atoms with Crippen LogP contribution in [0.3, 0.4) is 0 Å². The van der Waals surface area contributed by atoms with Crippen molar-refractivity contribution in [2.24, 2.45) is 11.3 Å². The van der Waals surface area contributed by atoms with Crippen LogP contribution < -0.4 is 5.32 Å². The molecule has 1 saturated carbocycles. The minimum Gasteiger partial charge on any atom is -0.396 e. The summed E-state index contributed by atoms with van der Waals surface area (Å²) in [6.45, 7) is 5.89. The van der Waals surface area contributed by atoms with Gasteiger partial charge in [0.1, 0.15) is 0 Å². The topological polar surface area (TPSA) is 69.6 Å². The van der Waals surface area contributed by atoms with Crippen LogP contribution in [0.5, 0.6) is 0 Å². The van der Waals surface area contributed by atoms with Gasteiger partial charge in [-0.25, -0.2) is 0 Å². The molecular weight excluding hydrogens is 218 g/mol. The molecule has 0 heterocycles. The van der Waals surface area contributed by atoms with Crippen molar-refractivity contribution in [3.05, 3.63) is 0 Å². The number of nitrogens with one attached hydrogen (secondary N) is 1. The van der Waals surface area contributed by atoms with Crippen LogP contribution in [0.15, 0.2) is 0 Å². The van der Waals surface area contributed by atoms with Gasteiger partial charge in [0.05, 0.1) is 19.1 Å². The molecule has 17 heavy (non-hydrogen) atoms. The van der Waals surface area contributed by atoms with Gasteiger partial charge in [0.15, 0.2) is 0 Å². The van der Waals surface area contributed by atoms with Crippen molar-refractivity contribution in [3.8, 4) is 0 Å². The fourth-order valence-corrected chi connectivity index (χ4v) is 2.35. The Morgan fingerprint density at radius 1 is 1.53 bits per heavy atom. The fraction of sp³-hybridized carbons (Fsp3) is 0.923. The van der Waals surface area contributed by atoms with Gasteiger partial charge in [-0.3, -0.25) is 4.79 Å². The van der Waals surface area contributed by atoms with E-state index in [1.807, 2.05) is 20.8 Å². The Labute approximate surface area is 103 Å². The second kappa shape index (κ2) is 5.83. The normalized spacial score (nSPS) is 30.6. The number of amides is 1. The molecule has 0 radical (unpaired) electrons. The third-order valence-corrected chi connectivity index (χ3v) is 3.94. The van der Waals surface area contributed by atoms with Gasteiger partial charge in [0, 0.05) is 11.5 Å². The van der Waals surface area contributed by atoms with E-state index in [1.54, 1.807) is 0 Å². The molecule has 4 nitrogen and oxygen atoms in total. The number of hydrogen-bond acceptors (Lipinski definition) is 3. The zero-order chi connectivity index (χ0) is 13.1. The fourth-order valence-electron chi connectivity index (χ4n) is 2.35. The SMILES string of the molecule is CC(C)C(O)CC(=O)NC1CCCC1(C)CO. The average Bonchev–Trinajstić information content (AvgIpc) is 2.61. The van der Waals surface area contributed by atoms with E-state index in [2.05, 4.69) is 5.32 Å². The first-order chi connectivity index (χ1) is 7.89. The van der Waals surface area contributed by atoms with Crippen molar-refractivity contribution >= 4 is 5.91 Å². The predicted molar refractivity (Wildman–Crippen MR) is 66.4 cm³/mol. The second-order valence-corrected chi connectivity index (χ2v) is 5.84. The van der Waals surface area contributed by atoms with Crippen molar-refractivity contribution < 1.29 is 15.0 Å². The van der Waals surface area contributed by atoms with E-state index in [1.165, 1.54) is 0 Å². The minimum absolute atomic E-state index is 0.0411. The molecule has 0 aromatic carbocycles. The van der Waals surface area contributed by atoms with Crippen LogP contribution in [0.25, 0.3) is 0 Å². The molecule has 3 atom stereocenters. The lowest BCUT2D eigenvalue weighted by molar-refractivity contribution is -0.125. The van der Waals surface area contributed by atoms with Gasteiger partial charge >= 0.3 is 0 Å². The molecule has 0 aliphatic heterocycles. The molecule has 1 aliphatic carbocycles. The van der Waals surface area contributed by atoms with Gasteiger partial charge in [-0.1, -0.05) is 27.2 Å². The third-order valence-electron chi connectivity index (χ3n) is 3.94. The maximum atomic E-state index is 11.8. The van der Waals surface area contributed by atoms with Crippen LogP contribution in [-0.4, -0.2) is 34.9 Å². The quantitative estimate of drug-likeness (QED) is 0.676. The highest BCUT2D eigenvalue weighted by Gasteiger charge is 2.39. The summed E-state index contributed by atoms with van der Waals surface area (Å²) in [5.74, 6) is -0.0219. The maximum Gasteiger partial charge on any atom is 0.222 e. The number of carbonyl (C=O) groups excluding carboxylic acids is 1. The number of carbonyl (C=O) groups is 1. The molecule has 4 heteroatoms. The van der Waals surface area contributed by atoms with Crippen LogP contribution in [-0.2, 0) is 4.79 Å². The largest absolute Gasteiger partial charge is 0.396 e. The first-order valence-corrected chi connectivity index (χ1v) is 6.47. The highest BCUT2D eigenvalue weighted by atomic mass is 16.3. The third kappa shape index (κ3) is 3.68. The van der Waals surface area contributed by atoms with Crippen LogP contribution in [0.4, 0.5) is 0 Å². The van der Waals surface area contributed by atoms with Crippen LogP contribution in [0.2, 0.25) is 0 Å². The van der Waals surface area contributed by atoms with E-state index in [0.717, 1.165) is 19.3 Å². The molecule has 1 fully saturated rings. The Hall–Kier alpha value is -0.610. The lowest BCUT2D eigenvalue weighted by Crippen LogP contribution is -2.45. The Kier molecular flexibility index (Phi) is 4.95. The lowest BCUT2D eigenvalue weighted by atomic mass is 9.85. The maximum absolute atomic E-state index is 11.8. The monoisotopic (exact) mass is 243 g/mol. The van der Waals surface area contributed by atoms with E-state index in [9.17, 15) is 15.0 Å². The molecule has 3 N–H and O–H groups in total. The summed E-state index contributed by atoms with van der Waals surface area (Å²) in [6.07, 6.45) is 2.46. The summed E-state index contributed by atoms with van der Waals surface area (Å²) in [4.78, 5) is 11.8. The van der Waals surface area contributed by atoms with Crippen molar-refractivity contribution in [3.63, 3.8) is 0 Å². The molecule has 1 rings (SSSR count). The van der Waals surface area contributed by atoms with Crippen LogP contribution >= 0.6 is 0 Å². The van der Waals surface area contributed by atoms with Gasteiger partial charge in [-0.15, -0.1) is 0 Å². The smallest absolute Gasteiger partial charge is 0.222 e. The van der Waals surface area contributed by atoms with Crippen molar-refractivity contribution in [1.82, 2.24) is 5.32 Å². The molecule has 0 spiro atoms. The van der Waals surface area contributed by atoms with Crippen molar-refractivity contribution in [2.45, 2.75) is 58.6 Å². The summed E-state index contributed by atoms with van der Waals surface area (Å²) in [6, 6.07) is 0.0411. The summed E-state index contributed by atoms with van der Waals surface area (Å²) in [5, 5.41) is 22.0. The van der Waals surface area contributed by atoms with Gasteiger partial charge in [-0.05, 0) is 18.8 Å². The molecule has 0 aromatic rings. The Morgan fingerprint density at radius 2 is 2.18 bits per heavy atom. The second-order valence-electron chi connectivity index (χ2n) is 5.84. The first kappa shape index (κ1) is 14.5. The number of aliphatic hydroxyl groups is 2. The zero-order valence-corrected chi connectivity index (χ0v) is 11.1. The van der Waals surface area contributed by atoms with Gasteiger partial charge in [0.2, 0.25) is 5.91 Å². The number of hydrogen-bond donors (Lipinski definition) is 3. The zero-order valence-electron chi connectivity index (χ0n) is 11.1. The van der Waals surface area contributed by atoms with Crippen LogP contribution in [0, 0.1) is 11.3 Å². The average molecular weight is 243 g/mol. The number of aliphatic hydroxyl groups excluding tert-OH is 2. The summed E-state index contributed by atoms with van der Waals surface area (Å²) < 4.78 is 0. The molecule has 100 valence electrons. The minimum atomic E-state index is -0.586. The lowest BCUT2D eigenvalue weighted by Gasteiger charge is -2.30. The van der Waals surface area contributed by atoms with Crippen molar-refractivity contribution in [2.75, 3.05) is 6.61 Å². The molecule has 1 aliphatic rings. The van der Waals surface area contributed by atoms with Gasteiger partial charge < -0.3 is 15.5 Å². The Bertz CT molecular complexity index is 267. The predicted octanol–water partition coefficient (Wildman–Crippen LogP) is 1.06. The standard InChI is InChI=1S/C13H25NO3/c1-9(2)10(16)7-12(17)14-11-5-4-6-13(11,3)8-15/h9-11,15-16H,4-8H2,1-3H3,(H,14,17). The molecule has 1 amide bonds. The molecule has 0 aromatic heterocycles. The van der Waals surface area contributed by atoms with E-state index in [-0.39, 0.29) is 36.3 Å². The molecule has 3 unspecified atom stereocenters. The number of rotatable bonds is 5. The molecule has 0 bridgehead atoms. The van der Waals surface area contributed by atoms with E-state index >= 15 is 0 Å². The summed E-state index contributed by atoms with van der Waals surface area (Å²) in [7, 11) is 0. The Morgan fingerprint density at radius 3 is 2.71 bits per heavy atom. The van der Waals surface area contributed by atoms with E-state index in [0.29, 0.717) is 0 Å². The van der Waals surface area contributed by atoms with Crippen LogP contribution in [0.1, 0.15) is 46.5 Å². The summed E-state index contributed by atoms with van der Waals surface area (Å²) in [5.41, 5.74) is -0.196. The molecule has 0 saturated heterocycles.